The van der Waals surface area contributed by atoms with E-state index >= 15 is 0 Å². The molecule has 0 aliphatic carbocycles. The van der Waals surface area contributed by atoms with Crippen LogP contribution in [-0.4, -0.2) is 87.8 Å². The number of nitrogens with zero attached hydrogens (tertiary/aromatic N) is 3. The third-order valence-corrected chi connectivity index (χ3v) is 10.1. The first kappa shape index (κ1) is 39.4. The average molecular weight is 738 g/mol. The molecular weight excluding hydrogens is 696 g/mol. The number of anilines is 1. The van der Waals surface area contributed by atoms with Crippen LogP contribution in [0.15, 0.2) is 35.2 Å². The van der Waals surface area contributed by atoms with Crippen LogP contribution in [0.2, 0.25) is 10.0 Å². The quantitative estimate of drug-likeness (QED) is 0.306. The summed E-state index contributed by atoms with van der Waals surface area (Å²) in [6.07, 6.45) is -4.33. The highest BCUT2D eigenvalue weighted by Gasteiger charge is 2.37. The van der Waals surface area contributed by atoms with Crippen LogP contribution in [0.1, 0.15) is 62.0 Å². The average Bonchev–Trinajstić information content (AvgIpc) is 2.99. The standard InChI is InChI=1S/C32H41Cl2F3N4O6S/c1-7-48(45,46)27-11-10-22(33)17-26(27)40(6)29(43)21-15-24(32(35,36)37)23(25(34)16-21)19-41-13-8-9-20(18-41)28(42)38-12-14-39(5)30(44)47-31(2,3)4/h10-11,15-17,20H,7-9,12-14,18-19H2,1-6H3,(H,38,42)/t20-/m0/s1. The number of rotatable bonds is 10. The van der Waals surface area contributed by atoms with E-state index < -0.39 is 50.7 Å². The Kier molecular flexibility index (Phi) is 12.8. The minimum Gasteiger partial charge on any atom is -0.444 e. The molecule has 0 saturated carbocycles. The van der Waals surface area contributed by atoms with Crippen molar-refractivity contribution < 1.29 is 40.7 Å². The molecule has 2 aromatic carbocycles. The maximum absolute atomic E-state index is 14.4. The fourth-order valence-electron chi connectivity index (χ4n) is 5.21. The molecule has 1 aliphatic rings. The highest BCUT2D eigenvalue weighted by Crippen LogP contribution is 2.38. The number of likely N-dealkylation sites (tertiary alicyclic amines) is 1. The van der Waals surface area contributed by atoms with E-state index in [0.717, 1.165) is 11.0 Å². The van der Waals surface area contributed by atoms with Crippen molar-refractivity contribution in [2.75, 3.05) is 50.9 Å². The number of halogens is 5. The Balaban J connectivity index is 1.78. The normalized spacial score (nSPS) is 15.9. The Bertz CT molecular complexity index is 1630. The summed E-state index contributed by atoms with van der Waals surface area (Å²) in [5.74, 6) is -1.98. The highest BCUT2D eigenvalue weighted by molar-refractivity contribution is 7.91. The minimum atomic E-state index is -4.88. The molecule has 2 aromatic rings. The number of amides is 3. The van der Waals surface area contributed by atoms with Crippen LogP contribution in [0.4, 0.5) is 23.7 Å². The van der Waals surface area contributed by atoms with Crippen LogP contribution in [0.3, 0.4) is 0 Å². The molecule has 0 aromatic heterocycles. The van der Waals surface area contributed by atoms with Crippen molar-refractivity contribution in [2.45, 2.75) is 63.8 Å². The van der Waals surface area contributed by atoms with Crippen LogP contribution >= 0.6 is 23.2 Å². The third-order valence-electron chi connectivity index (χ3n) is 7.76. The van der Waals surface area contributed by atoms with E-state index in [1.54, 1.807) is 32.7 Å². The molecule has 0 unspecified atom stereocenters. The van der Waals surface area contributed by atoms with Crippen molar-refractivity contribution in [3.8, 4) is 0 Å². The van der Waals surface area contributed by atoms with Crippen LogP contribution in [0, 0.1) is 5.92 Å². The number of carbonyl (C=O) groups is 3. The molecule has 3 amide bonds. The molecule has 1 fully saturated rings. The molecule has 1 heterocycles. The van der Waals surface area contributed by atoms with Crippen LogP contribution in [-0.2, 0) is 32.1 Å². The lowest BCUT2D eigenvalue weighted by Gasteiger charge is -2.33. The Hall–Kier alpha value is -3.07. The van der Waals surface area contributed by atoms with Crippen LogP contribution in [0.25, 0.3) is 0 Å². The number of hydrogen-bond donors (Lipinski definition) is 1. The fourth-order valence-corrected chi connectivity index (χ4v) is 6.75. The Morgan fingerprint density at radius 3 is 2.35 bits per heavy atom. The van der Waals surface area contributed by atoms with Gasteiger partial charge in [-0.1, -0.05) is 30.1 Å². The number of sulfone groups is 1. The Morgan fingerprint density at radius 2 is 1.75 bits per heavy atom. The molecule has 1 atom stereocenters. The van der Waals surface area contributed by atoms with Gasteiger partial charge in [0.25, 0.3) is 5.91 Å². The van der Waals surface area contributed by atoms with Gasteiger partial charge < -0.3 is 19.9 Å². The van der Waals surface area contributed by atoms with E-state index in [9.17, 15) is 36.0 Å². The molecule has 1 aliphatic heterocycles. The molecule has 48 heavy (non-hydrogen) atoms. The Labute approximate surface area is 289 Å². The number of carbonyl (C=O) groups excluding carboxylic acids is 3. The van der Waals surface area contributed by atoms with Crippen LogP contribution in [0.5, 0.6) is 0 Å². The number of piperidine rings is 1. The second-order valence-corrected chi connectivity index (χ2v) is 15.7. The first-order chi connectivity index (χ1) is 22.1. The van der Waals surface area contributed by atoms with E-state index in [1.807, 2.05) is 0 Å². The zero-order valence-electron chi connectivity index (χ0n) is 27.7. The highest BCUT2D eigenvalue weighted by atomic mass is 35.5. The predicted octanol–water partition coefficient (Wildman–Crippen LogP) is 6.28. The fraction of sp³-hybridized carbons (Fsp3) is 0.531. The second kappa shape index (κ2) is 15.6. The number of hydrogen-bond acceptors (Lipinski definition) is 7. The van der Waals surface area contributed by atoms with Crippen molar-refractivity contribution in [3.63, 3.8) is 0 Å². The summed E-state index contributed by atoms with van der Waals surface area (Å²) in [5.41, 5.74) is -2.51. The topological polar surface area (TPSA) is 116 Å². The van der Waals surface area contributed by atoms with Gasteiger partial charge in [0, 0.05) is 55.9 Å². The second-order valence-electron chi connectivity index (χ2n) is 12.6. The van der Waals surface area contributed by atoms with E-state index in [2.05, 4.69) is 5.32 Å². The summed E-state index contributed by atoms with van der Waals surface area (Å²) in [4.78, 5) is 42.3. The van der Waals surface area contributed by atoms with E-state index in [0.29, 0.717) is 25.5 Å². The van der Waals surface area contributed by atoms with Crippen molar-refractivity contribution in [1.29, 1.82) is 0 Å². The molecule has 0 spiro atoms. The zero-order chi connectivity index (χ0) is 36.2. The molecular formula is C32H41Cl2F3N4O6S. The smallest absolute Gasteiger partial charge is 0.416 e. The molecule has 0 bridgehead atoms. The maximum Gasteiger partial charge on any atom is 0.416 e. The van der Waals surface area contributed by atoms with E-state index in [-0.39, 0.29) is 64.0 Å². The van der Waals surface area contributed by atoms with Gasteiger partial charge >= 0.3 is 12.3 Å². The van der Waals surface area contributed by atoms with Crippen LogP contribution < -0.4 is 10.2 Å². The molecule has 266 valence electrons. The number of nitrogens with one attached hydrogen (secondary N) is 1. The monoisotopic (exact) mass is 736 g/mol. The molecule has 16 heteroatoms. The van der Waals surface area contributed by atoms with E-state index in [4.69, 9.17) is 27.9 Å². The summed E-state index contributed by atoms with van der Waals surface area (Å²) in [6, 6.07) is 5.67. The summed E-state index contributed by atoms with van der Waals surface area (Å²) >= 11 is 12.5. The SMILES string of the molecule is CCS(=O)(=O)c1ccc(Cl)cc1N(C)C(=O)c1cc(Cl)c(CN2CCC[C@H](C(=O)NCCN(C)C(=O)OC(C)(C)C)C2)c(C(F)(F)F)c1. The Morgan fingerprint density at radius 1 is 1.08 bits per heavy atom. The van der Waals surface area contributed by atoms with E-state index in [1.165, 1.54) is 37.1 Å². The molecule has 1 saturated heterocycles. The molecule has 3 rings (SSSR count). The summed E-state index contributed by atoms with van der Waals surface area (Å²) in [7, 11) is -1.02. The van der Waals surface area contributed by atoms with Gasteiger partial charge in [-0.2, -0.15) is 13.2 Å². The number of alkyl halides is 3. The maximum atomic E-state index is 14.4. The van der Waals surface area contributed by atoms with Gasteiger partial charge in [0.1, 0.15) is 5.60 Å². The minimum absolute atomic E-state index is 0.0859. The van der Waals surface area contributed by atoms with Crippen molar-refractivity contribution in [2.24, 2.45) is 5.92 Å². The van der Waals surface area contributed by atoms with Gasteiger partial charge in [0.05, 0.1) is 27.8 Å². The first-order valence-electron chi connectivity index (χ1n) is 15.3. The summed E-state index contributed by atoms with van der Waals surface area (Å²) in [5, 5.41) is 2.62. The largest absolute Gasteiger partial charge is 0.444 e. The lowest BCUT2D eigenvalue weighted by atomic mass is 9.95. The molecule has 1 N–H and O–H groups in total. The third kappa shape index (κ3) is 10.2. The number of likely N-dealkylation sites (N-methyl/N-ethyl adjacent to an activating group) is 1. The lowest BCUT2D eigenvalue weighted by molar-refractivity contribution is -0.138. The number of benzene rings is 2. The van der Waals surface area contributed by atoms with Crippen molar-refractivity contribution in [3.05, 3.63) is 57.1 Å². The molecule has 10 nitrogen and oxygen atoms in total. The van der Waals surface area contributed by atoms with Crippen molar-refractivity contribution in [1.82, 2.24) is 15.1 Å². The first-order valence-corrected chi connectivity index (χ1v) is 17.7. The van der Waals surface area contributed by atoms with Crippen molar-refractivity contribution >= 4 is 56.6 Å². The van der Waals surface area contributed by atoms with Gasteiger partial charge in [-0.25, -0.2) is 13.2 Å². The lowest BCUT2D eigenvalue weighted by Crippen LogP contribution is -2.45. The predicted molar refractivity (Wildman–Crippen MR) is 178 cm³/mol. The van der Waals surface area contributed by atoms with Gasteiger partial charge in [-0.3, -0.25) is 14.5 Å². The summed E-state index contributed by atoms with van der Waals surface area (Å²) < 4.78 is 73.9. The van der Waals surface area contributed by atoms with Gasteiger partial charge in [-0.15, -0.1) is 0 Å². The molecule has 0 radical (unpaired) electrons. The van der Waals surface area contributed by atoms with Gasteiger partial charge in [0.15, 0.2) is 9.84 Å². The zero-order valence-corrected chi connectivity index (χ0v) is 30.0. The van der Waals surface area contributed by atoms with Gasteiger partial charge in [0.2, 0.25) is 5.91 Å². The van der Waals surface area contributed by atoms with Gasteiger partial charge in [-0.05, 0) is 76.1 Å². The number of ether oxygens (including phenoxy) is 1. The summed E-state index contributed by atoms with van der Waals surface area (Å²) in [6.45, 7) is 7.40.